The van der Waals surface area contributed by atoms with Gasteiger partial charge in [-0.25, -0.2) is 0 Å². The zero-order valence-electron chi connectivity index (χ0n) is 17.8. The molecule has 5 heteroatoms. The van der Waals surface area contributed by atoms with Crippen LogP contribution >= 0.6 is 0 Å². The third-order valence-corrected chi connectivity index (χ3v) is 3.99. The molecule has 0 radical (unpaired) electrons. The van der Waals surface area contributed by atoms with Crippen molar-refractivity contribution in [2.75, 3.05) is 0 Å². The largest absolute Gasteiger partial charge is 2.00 e. The van der Waals surface area contributed by atoms with E-state index in [-0.39, 0.29) is 79.5 Å². The van der Waals surface area contributed by atoms with Crippen LogP contribution in [-0.4, -0.2) is 48.8 Å². The van der Waals surface area contributed by atoms with Gasteiger partial charge in [-0.15, -0.1) is 0 Å². The Bertz CT molecular complexity index is 227. The molecule has 0 aromatic rings. The standard InChI is InChI=1S/C18H36O2.Ca.2Zn.2H/c1-2-3-4-5-6-7-8-9-10-11-12-13-14-15-16-17-18(19)20;;;;;/h2-17H2,1H3,(H,19,20);;;;;/q;+2;;;2*-1. The van der Waals surface area contributed by atoms with Crippen molar-refractivity contribution >= 4 is 43.7 Å². The molecule has 0 bridgehead atoms. The van der Waals surface area contributed by atoms with Crippen LogP contribution in [0.5, 0.6) is 0 Å². The fourth-order valence-electron chi connectivity index (χ4n) is 2.65. The number of unbranched alkanes of at least 4 members (excludes halogenated alkanes) is 14. The third kappa shape index (κ3) is 32.2. The summed E-state index contributed by atoms with van der Waals surface area (Å²) in [5.41, 5.74) is 0. The number of carboxylic acids is 1. The second-order valence-corrected chi connectivity index (χ2v) is 6.09. The van der Waals surface area contributed by atoms with Gasteiger partial charge in [0.1, 0.15) is 0 Å². The average molecular weight is 457 g/mol. The Morgan fingerprint density at radius 1 is 0.652 bits per heavy atom. The van der Waals surface area contributed by atoms with Crippen LogP contribution in [0.2, 0.25) is 0 Å². The summed E-state index contributed by atoms with van der Waals surface area (Å²) < 4.78 is 0. The topological polar surface area (TPSA) is 37.3 Å². The van der Waals surface area contributed by atoms with Gasteiger partial charge >= 0.3 is 43.7 Å². The minimum Gasteiger partial charge on any atom is -1.00 e. The van der Waals surface area contributed by atoms with Crippen LogP contribution in [0.1, 0.15) is 113 Å². The van der Waals surface area contributed by atoms with Gasteiger partial charge in [0.15, 0.2) is 0 Å². The Morgan fingerprint density at radius 2 is 0.913 bits per heavy atom. The number of carbonyl (C=O) groups is 1. The van der Waals surface area contributed by atoms with Gasteiger partial charge in [-0.2, -0.15) is 0 Å². The van der Waals surface area contributed by atoms with E-state index in [2.05, 4.69) is 6.92 Å². The predicted octanol–water partition coefficient (Wildman–Crippen LogP) is 6.17. The van der Waals surface area contributed by atoms with Crippen LogP contribution in [0.3, 0.4) is 0 Å². The van der Waals surface area contributed by atoms with Crippen LogP contribution in [0.15, 0.2) is 0 Å². The first kappa shape index (κ1) is 32.6. The van der Waals surface area contributed by atoms with Gasteiger partial charge < -0.3 is 7.96 Å². The Labute approximate surface area is 203 Å². The number of rotatable bonds is 16. The van der Waals surface area contributed by atoms with Crippen LogP contribution in [-0.2, 0) is 43.8 Å². The third-order valence-electron chi connectivity index (χ3n) is 3.99. The summed E-state index contributed by atoms with van der Waals surface area (Å²) >= 11 is 0. The van der Waals surface area contributed by atoms with Gasteiger partial charge in [0.25, 0.3) is 0 Å². The molecule has 0 aliphatic rings. The van der Waals surface area contributed by atoms with Crippen molar-refractivity contribution in [1.82, 2.24) is 0 Å². The molecule has 0 aromatic heterocycles. The molecule has 0 heterocycles. The first-order valence-electron chi connectivity index (χ1n) is 8.99. The second kappa shape index (κ2) is 28.8. The first-order valence-corrected chi connectivity index (χ1v) is 8.99. The molecule has 0 aromatic carbocycles. The van der Waals surface area contributed by atoms with Crippen molar-refractivity contribution in [2.45, 2.75) is 110 Å². The van der Waals surface area contributed by atoms with Gasteiger partial charge in [0.05, 0.1) is 0 Å². The molecule has 1 N–H and O–H groups in total. The van der Waals surface area contributed by atoms with Gasteiger partial charge in [-0.1, -0.05) is 96.8 Å². The first-order chi connectivity index (χ1) is 9.77. The van der Waals surface area contributed by atoms with Gasteiger partial charge in [-0.3, -0.25) is 4.79 Å². The molecule has 0 unspecified atom stereocenters. The number of hydrogen-bond donors (Lipinski definition) is 1. The summed E-state index contributed by atoms with van der Waals surface area (Å²) in [6.07, 6.45) is 20.2. The summed E-state index contributed by atoms with van der Waals surface area (Å²) in [5.74, 6) is -0.653. The van der Waals surface area contributed by atoms with E-state index in [9.17, 15) is 4.79 Å². The van der Waals surface area contributed by atoms with Crippen LogP contribution in [0.4, 0.5) is 0 Å². The molecule has 0 saturated carbocycles. The quantitative estimate of drug-likeness (QED) is 0.222. The minimum absolute atomic E-state index is 0. The molecule has 0 spiro atoms. The molecule has 0 fully saturated rings. The molecular weight excluding hydrogens is 419 g/mol. The zero-order chi connectivity index (χ0) is 14.9. The van der Waals surface area contributed by atoms with E-state index in [1.165, 1.54) is 83.5 Å². The minimum atomic E-state index is -0.653. The van der Waals surface area contributed by atoms with Crippen LogP contribution < -0.4 is 0 Å². The van der Waals surface area contributed by atoms with E-state index in [1.54, 1.807) is 0 Å². The fourth-order valence-corrected chi connectivity index (χ4v) is 2.65. The van der Waals surface area contributed by atoms with E-state index in [1.807, 2.05) is 0 Å². The van der Waals surface area contributed by atoms with Gasteiger partial charge in [-0.05, 0) is 6.42 Å². The molecular formula is C18H38CaO2Zn2. The summed E-state index contributed by atoms with van der Waals surface area (Å²) in [6.45, 7) is 2.27. The number of aliphatic carboxylic acids is 1. The smallest absolute Gasteiger partial charge is 1.00 e. The normalized spacial score (nSPS) is 9.43. The molecule has 23 heavy (non-hydrogen) atoms. The van der Waals surface area contributed by atoms with Crippen molar-refractivity contribution in [3.05, 3.63) is 0 Å². The Morgan fingerprint density at radius 3 is 1.17 bits per heavy atom. The monoisotopic (exact) mass is 454 g/mol. The second-order valence-electron chi connectivity index (χ2n) is 6.09. The molecule has 0 saturated heterocycles. The summed E-state index contributed by atoms with van der Waals surface area (Å²) in [7, 11) is 0. The summed E-state index contributed by atoms with van der Waals surface area (Å²) in [4.78, 5) is 10.3. The van der Waals surface area contributed by atoms with Crippen LogP contribution in [0, 0.1) is 0 Å². The van der Waals surface area contributed by atoms with Crippen molar-refractivity contribution in [3.63, 3.8) is 0 Å². The predicted molar refractivity (Wildman–Crippen MR) is 95.2 cm³/mol. The van der Waals surface area contributed by atoms with E-state index in [0.717, 1.165) is 12.8 Å². The Balaban J connectivity index is -0.000000180. The van der Waals surface area contributed by atoms with E-state index < -0.39 is 5.97 Å². The van der Waals surface area contributed by atoms with E-state index in [4.69, 9.17) is 5.11 Å². The maximum Gasteiger partial charge on any atom is 2.00 e. The van der Waals surface area contributed by atoms with Crippen LogP contribution in [0.25, 0.3) is 0 Å². The fraction of sp³-hybridized carbons (Fsp3) is 0.944. The van der Waals surface area contributed by atoms with E-state index in [0.29, 0.717) is 6.42 Å². The molecule has 0 amide bonds. The van der Waals surface area contributed by atoms with E-state index >= 15 is 0 Å². The van der Waals surface area contributed by atoms with Crippen molar-refractivity contribution in [2.24, 2.45) is 0 Å². The molecule has 0 aliphatic heterocycles. The molecule has 0 rings (SSSR count). The van der Waals surface area contributed by atoms with Crippen molar-refractivity contribution < 1.29 is 51.7 Å². The van der Waals surface area contributed by atoms with Crippen molar-refractivity contribution in [1.29, 1.82) is 0 Å². The maximum absolute atomic E-state index is 10.3. The zero-order valence-corrected chi connectivity index (χ0v) is 23.9. The van der Waals surface area contributed by atoms with Gasteiger partial charge in [0, 0.05) is 45.4 Å². The molecule has 0 atom stereocenters. The Kier molecular flexibility index (Phi) is 40.8. The molecule has 2 nitrogen and oxygen atoms in total. The number of hydrogen-bond acceptors (Lipinski definition) is 1. The molecule has 0 aliphatic carbocycles. The average Bonchev–Trinajstić information content (AvgIpc) is 2.43. The van der Waals surface area contributed by atoms with Gasteiger partial charge in [0.2, 0.25) is 0 Å². The van der Waals surface area contributed by atoms with Crippen molar-refractivity contribution in [3.8, 4) is 0 Å². The summed E-state index contributed by atoms with van der Waals surface area (Å²) in [5, 5.41) is 8.52. The number of carboxylic acid groups (broad SMARTS) is 1. The SMILES string of the molecule is CCCCCCCCCCCCCCCCCC(=O)O.[Ca+2].[H-].[H-].[Zn].[Zn]. The summed E-state index contributed by atoms with van der Waals surface area (Å²) in [6, 6.07) is 0. The maximum atomic E-state index is 10.3. The molecule has 128 valence electrons. The Hall–Kier alpha value is 1.98.